The largest absolute Gasteiger partial charge is 0.382 e. The van der Waals surface area contributed by atoms with Crippen LogP contribution in [0.5, 0.6) is 0 Å². The zero-order valence-corrected chi connectivity index (χ0v) is 13.9. The molecule has 2 atom stereocenters. The van der Waals surface area contributed by atoms with Crippen LogP contribution in [0.3, 0.4) is 0 Å². The predicted octanol–water partition coefficient (Wildman–Crippen LogP) is 5.69. The van der Waals surface area contributed by atoms with Gasteiger partial charge >= 0.3 is 0 Å². The lowest BCUT2D eigenvalue weighted by Gasteiger charge is -2.22. The molecule has 0 bridgehead atoms. The summed E-state index contributed by atoms with van der Waals surface area (Å²) in [6.07, 6.45) is 3.69. The van der Waals surface area contributed by atoms with Gasteiger partial charge in [-0.15, -0.1) is 0 Å². The topological polar surface area (TPSA) is 12.0 Å². The van der Waals surface area contributed by atoms with Gasteiger partial charge in [0.15, 0.2) is 0 Å². The Morgan fingerprint density at radius 2 is 1.67 bits per heavy atom. The van der Waals surface area contributed by atoms with Gasteiger partial charge in [0.25, 0.3) is 0 Å². The van der Waals surface area contributed by atoms with Crippen LogP contribution in [0.1, 0.15) is 51.2 Å². The van der Waals surface area contributed by atoms with Crippen molar-refractivity contribution in [2.75, 3.05) is 5.32 Å². The van der Waals surface area contributed by atoms with E-state index in [1.807, 2.05) is 0 Å². The van der Waals surface area contributed by atoms with Crippen LogP contribution in [0.4, 0.5) is 5.69 Å². The molecule has 0 saturated carbocycles. The molecular weight excluding hydrogens is 286 g/mol. The molecule has 0 aliphatic rings. The average molecular weight is 312 g/mol. The molecule has 0 radical (unpaired) electrons. The first-order chi connectivity index (χ1) is 8.47. The van der Waals surface area contributed by atoms with Crippen molar-refractivity contribution in [1.29, 1.82) is 0 Å². The lowest BCUT2D eigenvalue weighted by atomic mass is 9.97. The molecule has 1 aromatic carbocycles. The Hall–Kier alpha value is -0.500. The molecule has 2 heteroatoms. The molecule has 1 aromatic rings. The molecule has 0 saturated heterocycles. The monoisotopic (exact) mass is 311 g/mol. The Morgan fingerprint density at radius 3 is 2.11 bits per heavy atom. The molecule has 0 aromatic heterocycles. The number of hydrogen-bond donors (Lipinski definition) is 1. The second kappa shape index (κ2) is 7.18. The van der Waals surface area contributed by atoms with Crippen molar-refractivity contribution < 1.29 is 0 Å². The second-order valence-corrected chi connectivity index (χ2v) is 6.22. The Balaban J connectivity index is 2.76. The van der Waals surface area contributed by atoms with Crippen molar-refractivity contribution in [1.82, 2.24) is 0 Å². The van der Waals surface area contributed by atoms with Crippen molar-refractivity contribution >= 4 is 21.6 Å². The molecule has 0 amide bonds. The quantitative estimate of drug-likeness (QED) is 0.711. The maximum atomic E-state index is 3.68. The number of nitrogens with one attached hydrogen (secondary N) is 1. The van der Waals surface area contributed by atoms with Gasteiger partial charge in [0.05, 0.1) is 0 Å². The molecular formula is C16H26BrN. The van der Waals surface area contributed by atoms with Crippen LogP contribution in [-0.4, -0.2) is 6.04 Å². The van der Waals surface area contributed by atoms with Crippen LogP contribution in [0.25, 0.3) is 0 Å². The average Bonchev–Trinajstić information content (AvgIpc) is 2.34. The fourth-order valence-corrected chi connectivity index (χ4v) is 2.47. The minimum atomic E-state index is 0.583. The van der Waals surface area contributed by atoms with E-state index in [4.69, 9.17) is 0 Å². The van der Waals surface area contributed by atoms with Gasteiger partial charge in [-0.2, -0.15) is 0 Å². The van der Waals surface area contributed by atoms with Gasteiger partial charge in [-0.1, -0.05) is 43.1 Å². The van der Waals surface area contributed by atoms with Gasteiger partial charge in [0.2, 0.25) is 0 Å². The predicted molar refractivity (Wildman–Crippen MR) is 85.4 cm³/mol. The van der Waals surface area contributed by atoms with Crippen LogP contribution < -0.4 is 5.32 Å². The van der Waals surface area contributed by atoms with Crippen LogP contribution in [-0.2, 0) is 0 Å². The summed E-state index contributed by atoms with van der Waals surface area (Å²) in [4.78, 5) is 0. The van der Waals surface area contributed by atoms with Gasteiger partial charge in [-0.25, -0.2) is 0 Å². The highest BCUT2D eigenvalue weighted by atomic mass is 79.9. The summed E-state index contributed by atoms with van der Waals surface area (Å²) in [5.74, 6) is 0.792. The summed E-state index contributed by atoms with van der Waals surface area (Å²) in [6, 6.07) is 5.05. The molecule has 1 nitrogen and oxygen atoms in total. The van der Waals surface area contributed by atoms with Gasteiger partial charge < -0.3 is 5.32 Å². The van der Waals surface area contributed by atoms with Crippen molar-refractivity contribution in [2.45, 2.75) is 59.9 Å². The zero-order valence-electron chi connectivity index (χ0n) is 12.3. The summed E-state index contributed by atoms with van der Waals surface area (Å²) in [6.45, 7) is 11.2. The summed E-state index contributed by atoms with van der Waals surface area (Å²) in [5.41, 5.74) is 3.86. The molecule has 1 N–H and O–H groups in total. The van der Waals surface area contributed by atoms with E-state index in [0.29, 0.717) is 6.04 Å². The normalized spacial score (nSPS) is 14.3. The van der Waals surface area contributed by atoms with Crippen LogP contribution in [0.2, 0.25) is 0 Å². The zero-order chi connectivity index (χ0) is 13.7. The fourth-order valence-electron chi connectivity index (χ4n) is 2.24. The summed E-state index contributed by atoms with van der Waals surface area (Å²) < 4.78 is 1.23. The van der Waals surface area contributed by atoms with Gasteiger partial charge in [-0.05, 0) is 55.9 Å². The molecule has 102 valence electrons. The Morgan fingerprint density at radius 1 is 1.11 bits per heavy atom. The van der Waals surface area contributed by atoms with Crippen LogP contribution in [0, 0.1) is 19.8 Å². The van der Waals surface area contributed by atoms with E-state index in [0.717, 1.165) is 5.92 Å². The van der Waals surface area contributed by atoms with Crippen LogP contribution >= 0.6 is 15.9 Å². The molecule has 0 spiro atoms. The SMILES string of the molecule is CCC(C)CC(CC)Nc1cc(C)c(Br)c(C)c1. The molecule has 18 heavy (non-hydrogen) atoms. The Bertz CT molecular complexity index is 364. The summed E-state index contributed by atoms with van der Waals surface area (Å²) in [7, 11) is 0. The highest BCUT2D eigenvalue weighted by Gasteiger charge is 2.11. The maximum absolute atomic E-state index is 3.68. The van der Waals surface area contributed by atoms with E-state index in [1.165, 1.54) is 40.5 Å². The van der Waals surface area contributed by atoms with Crippen molar-refractivity contribution in [2.24, 2.45) is 5.92 Å². The van der Waals surface area contributed by atoms with E-state index >= 15 is 0 Å². The standard InChI is InChI=1S/C16H26BrN/c1-6-11(3)8-14(7-2)18-15-9-12(4)16(17)13(5)10-15/h9-11,14,18H,6-8H2,1-5H3. The highest BCUT2D eigenvalue weighted by molar-refractivity contribution is 9.10. The third-order valence-corrected chi connectivity index (χ3v) is 4.93. The Kier molecular flexibility index (Phi) is 6.20. The second-order valence-electron chi connectivity index (χ2n) is 5.42. The van der Waals surface area contributed by atoms with Gasteiger partial charge in [-0.3, -0.25) is 0 Å². The van der Waals surface area contributed by atoms with Crippen molar-refractivity contribution in [3.63, 3.8) is 0 Å². The summed E-state index contributed by atoms with van der Waals surface area (Å²) >= 11 is 3.62. The number of benzene rings is 1. The van der Waals surface area contributed by atoms with E-state index in [-0.39, 0.29) is 0 Å². The first-order valence-electron chi connectivity index (χ1n) is 7.01. The molecule has 0 fully saturated rings. The number of anilines is 1. The smallest absolute Gasteiger partial charge is 0.0348 e. The molecule has 0 aliphatic carbocycles. The van der Waals surface area contributed by atoms with Gasteiger partial charge in [0, 0.05) is 16.2 Å². The third-order valence-electron chi connectivity index (χ3n) is 3.68. The highest BCUT2D eigenvalue weighted by Crippen LogP contribution is 2.26. The first kappa shape index (κ1) is 15.6. The third kappa shape index (κ3) is 4.31. The number of rotatable bonds is 6. The minimum Gasteiger partial charge on any atom is -0.382 e. The number of aryl methyl sites for hydroxylation is 2. The lowest BCUT2D eigenvalue weighted by molar-refractivity contribution is 0.462. The van der Waals surface area contributed by atoms with Gasteiger partial charge in [0.1, 0.15) is 0 Å². The van der Waals surface area contributed by atoms with E-state index in [2.05, 4.69) is 68.0 Å². The number of hydrogen-bond acceptors (Lipinski definition) is 1. The van der Waals surface area contributed by atoms with Crippen molar-refractivity contribution in [3.05, 3.63) is 27.7 Å². The Labute approximate surface area is 120 Å². The van der Waals surface area contributed by atoms with E-state index in [1.54, 1.807) is 0 Å². The molecule has 1 rings (SSSR count). The minimum absolute atomic E-state index is 0.583. The fraction of sp³-hybridized carbons (Fsp3) is 0.625. The van der Waals surface area contributed by atoms with E-state index < -0.39 is 0 Å². The van der Waals surface area contributed by atoms with E-state index in [9.17, 15) is 0 Å². The van der Waals surface area contributed by atoms with Crippen LogP contribution in [0.15, 0.2) is 16.6 Å². The molecule has 0 heterocycles. The molecule has 2 unspecified atom stereocenters. The first-order valence-corrected chi connectivity index (χ1v) is 7.80. The molecule has 0 aliphatic heterocycles. The van der Waals surface area contributed by atoms with Crippen molar-refractivity contribution in [3.8, 4) is 0 Å². The lowest BCUT2D eigenvalue weighted by Crippen LogP contribution is -2.21. The summed E-state index contributed by atoms with van der Waals surface area (Å²) in [5, 5.41) is 3.68. The maximum Gasteiger partial charge on any atom is 0.0348 e. The number of halogens is 1.